The van der Waals surface area contributed by atoms with Crippen LogP contribution in [0.5, 0.6) is 5.75 Å². The number of hydrogen-bond acceptors (Lipinski definition) is 5. The molecule has 2 amide bonds. The molecule has 0 spiro atoms. The van der Waals surface area contributed by atoms with Gasteiger partial charge in [-0.2, -0.15) is 0 Å². The summed E-state index contributed by atoms with van der Waals surface area (Å²) in [5.74, 6) is 1.32. The van der Waals surface area contributed by atoms with Gasteiger partial charge < -0.3 is 23.4 Å². The van der Waals surface area contributed by atoms with E-state index in [1.807, 2.05) is 43.0 Å². The number of hydrogen-bond donors (Lipinski definition) is 0. The number of furan rings is 2. The maximum atomic E-state index is 13.7. The van der Waals surface area contributed by atoms with Crippen LogP contribution < -0.4 is 4.74 Å². The van der Waals surface area contributed by atoms with Gasteiger partial charge in [-0.05, 0) is 71.6 Å². The average Bonchev–Trinajstić information content (AvgIpc) is 3.63. The molecule has 202 valence electrons. The third-order valence-corrected chi connectivity index (χ3v) is 6.88. The van der Waals surface area contributed by atoms with E-state index < -0.39 is 0 Å². The third kappa shape index (κ3) is 5.74. The molecule has 39 heavy (non-hydrogen) atoms. The molecule has 0 saturated heterocycles. The molecular weight excluding hydrogens is 499 g/mol. The lowest BCUT2D eigenvalue weighted by atomic mass is 9.87. The Morgan fingerprint density at radius 1 is 1.08 bits per heavy atom. The summed E-state index contributed by atoms with van der Waals surface area (Å²) in [6, 6.07) is 18.7. The van der Waals surface area contributed by atoms with Gasteiger partial charge in [-0.25, -0.2) is 4.39 Å². The number of rotatable bonds is 8. The number of nitrogens with zero attached hydrogens (tertiary/aromatic N) is 2. The molecule has 8 heteroatoms. The predicted octanol–water partition coefficient (Wildman–Crippen LogP) is 5.99. The number of fused-ring (bicyclic) bond motifs is 1. The van der Waals surface area contributed by atoms with E-state index in [9.17, 15) is 14.0 Å². The van der Waals surface area contributed by atoms with Crippen LogP contribution in [0, 0.1) is 11.7 Å². The number of benzene rings is 2. The predicted molar refractivity (Wildman–Crippen MR) is 142 cm³/mol. The minimum Gasteiger partial charge on any atom is -0.486 e. The molecule has 1 unspecified atom stereocenters. The summed E-state index contributed by atoms with van der Waals surface area (Å²) in [6.07, 6.45) is 2.29. The van der Waals surface area contributed by atoms with Crippen LogP contribution in [0.4, 0.5) is 4.39 Å². The van der Waals surface area contributed by atoms with E-state index in [2.05, 4.69) is 0 Å². The van der Waals surface area contributed by atoms with E-state index in [1.165, 1.54) is 17.0 Å². The Bertz CT molecular complexity index is 1440. The second-order valence-corrected chi connectivity index (χ2v) is 10.0. The molecule has 4 aromatic rings. The Balaban J connectivity index is 1.33. The van der Waals surface area contributed by atoms with Gasteiger partial charge in [-0.15, -0.1) is 0 Å². The van der Waals surface area contributed by atoms with Crippen LogP contribution >= 0.6 is 0 Å². The quantitative estimate of drug-likeness (QED) is 0.280. The molecule has 1 aliphatic rings. The second-order valence-electron chi connectivity index (χ2n) is 10.0. The van der Waals surface area contributed by atoms with E-state index in [0.29, 0.717) is 30.4 Å². The van der Waals surface area contributed by atoms with Crippen molar-refractivity contribution in [2.75, 3.05) is 13.6 Å². The number of carbonyl (C=O) groups is 2. The Morgan fingerprint density at radius 2 is 1.87 bits per heavy atom. The van der Waals surface area contributed by atoms with Crippen molar-refractivity contribution in [2.45, 2.75) is 39.5 Å². The van der Waals surface area contributed by atoms with Gasteiger partial charge in [0.2, 0.25) is 5.91 Å². The van der Waals surface area contributed by atoms with Crippen LogP contribution in [-0.4, -0.2) is 35.2 Å². The highest BCUT2D eigenvalue weighted by Gasteiger charge is 2.33. The molecule has 0 aliphatic carbocycles. The molecule has 0 bridgehead atoms. The molecule has 0 radical (unpaired) electrons. The summed E-state index contributed by atoms with van der Waals surface area (Å²) >= 11 is 0. The average molecular weight is 531 g/mol. The first-order valence-corrected chi connectivity index (χ1v) is 13.0. The van der Waals surface area contributed by atoms with Gasteiger partial charge in [0, 0.05) is 19.5 Å². The van der Waals surface area contributed by atoms with Crippen molar-refractivity contribution in [1.82, 2.24) is 9.80 Å². The van der Waals surface area contributed by atoms with Gasteiger partial charge in [-0.3, -0.25) is 9.59 Å². The lowest BCUT2D eigenvalue weighted by Crippen LogP contribution is -2.42. The zero-order valence-electron chi connectivity index (χ0n) is 22.2. The van der Waals surface area contributed by atoms with Crippen molar-refractivity contribution in [1.29, 1.82) is 0 Å². The number of carbonyl (C=O) groups excluding carboxylic acids is 2. The highest BCUT2D eigenvalue weighted by atomic mass is 19.1. The van der Waals surface area contributed by atoms with Gasteiger partial charge in [0.15, 0.2) is 5.76 Å². The minimum absolute atomic E-state index is 0.0473. The molecule has 0 fully saturated rings. The van der Waals surface area contributed by atoms with Crippen molar-refractivity contribution in [2.24, 2.45) is 5.92 Å². The Labute approximate surface area is 226 Å². The van der Waals surface area contributed by atoms with Crippen LogP contribution in [0.3, 0.4) is 0 Å². The topological polar surface area (TPSA) is 76.1 Å². The highest BCUT2D eigenvalue weighted by molar-refractivity contribution is 5.91. The fourth-order valence-corrected chi connectivity index (χ4v) is 4.88. The zero-order valence-corrected chi connectivity index (χ0v) is 22.2. The van der Waals surface area contributed by atoms with Crippen molar-refractivity contribution in [3.63, 3.8) is 0 Å². The summed E-state index contributed by atoms with van der Waals surface area (Å²) in [6.45, 7) is 4.82. The van der Waals surface area contributed by atoms with E-state index in [-0.39, 0.29) is 42.0 Å². The molecule has 2 aromatic heterocycles. The molecule has 0 N–H and O–H groups in total. The standard InChI is InChI=1S/C31H31FN2O5/c1-20(2)30(35)34-15-14-21-8-11-24(17-27(21)29(34)22-6-9-23(32)10-7-22)38-19-26-12-13-28(39-26)31(36)33(3)18-25-5-4-16-37-25/h4-13,16-17,20,29H,14-15,18-19H2,1-3H3. The Kier molecular flexibility index (Phi) is 7.54. The van der Waals surface area contributed by atoms with E-state index in [0.717, 1.165) is 23.1 Å². The Morgan fingerprint density at radius 3 is 2.59 bits per heavy atom. The number of ether oxygens (including phenoxy) is 1. The fourth-order valence-electron chi connectivity index (χ4n) is 4.88. The number of amides is 2. The Hall–Kier alpha value is -4.33. The normalized spacial score (nSPS) is 14.8. The van der Waals surface area contributed by atoms with E-state index in [1.54, 1.807) is 43.6 Å². The molecule has 1 atom stereocenters. The molecule has 5 rings (SSSR count). The van der Waals surface area contributed by atoms with Gasteiger partial charge in [0.25, 0.3) is 5.91 Å². The van der Waals surface area contributed by atoms with Crippen molar-refractivity contribution < 1.29 is 27.6 Å². The SMILES string of the molecule is CC(C)C(=O)N1CCc2ccc(OCc3ccc(C(=O)N(C)Cc4ccco4)o3)cc2C1c1ccc(F)cc1. The van der Waals surface area contributed by atoms with Gasteiger partial charge in [-0.1, -0.05) is 32.0 Å². The highest BCUT2D eigenvalue weighted by Crippen LogP contribution is 2.38. The first kappa shape index (κ1) is 26.3. The van der Waals surface area contributed by atoms with Crippen molar-refractivity contribution in [3.8, 4) is 5.75 Å². The number of halogens is 1. The summed E-state index contributed by atoms with van der Waals surface area (Å²) < 4.78 is 30.8. The smallest absolute Gasteiger partial charge is 0.289 e. The van der Waals surface area contributed by atoms with Crippen molar-refractivity contribution in [3.05, 3.63) is 113 Å². The minimum atomic E-state index is -0.342. The summed E-state index contributed by atoms with van der Waals surface area (Å²) in [5, 5.41) is 0. The van der Waals surface area contributed by atoms with Crippen LogP contribution in [0.25, 0.3) is 0 Å². The molecule has 3 heterocycles. The lowest BCUT2D eigenvalue weighted by molar-refractivity contribution is -0.136. The third-order valence-electron chi connectivity index (χ3n) is 6.88. The first-order chi connectivity index (χ1) is 18.8. The summed E-state index contributed by atoms with van der Waals surface area (Å²) in [4.78, 5) is 29.2. The van der Waals surface area contributed by atoms with Crippen molar-refractivity contribution >= 4 is 11.8 Å². The molecular formula is C31H31FN2O5. The first-order valence-electron chi connectivity index (χ1n) is 13.0. The van der Waals surface area contributed by atoms with Gasteiger partial charge in [0.05, 0.1) is 18.8 Å². The molecule has 2 aromatic carbocycles. The summed E-state index contributed by atoms with van der Waals surface area (Å²) in [7, 11) is 1.68. The maximum Gasteiger partial charge on any atom is 0.289 e. The maximum absolute atomic E-state index is 13.7. The van der Waals surface area contributed by atoms with Crippen LogP contribution in [-0.2, 0) is 24.4 Å². The van der Waals surface area contributed by atoms with Gasteiger partial charge >= 0.3 is 0 Å². The van der Waals surface area contributed by atoms with E-state index >= 15 is 0 Å². The monoisotopic (exact) mass is 530 g/mol. The second kappa shape index (κ2) is 11.2. The molecule has 1 aliphatic heterocycles. The fraction of sp³-hybridized carbons (Fsp3) is 0.290. The van der Waals surface area contributed by atoms with E-state index in [4.69, 9.17) is 13.6 Å². The largest absolute Gasteiger partial charge is 0.486 e. The lowest BCUT2D eigenvalue weighted by Gasteiger charge is -2.39. The molecule has 7 nitrogen and oxygen atoms in total. The van der Waals surface area contributed by atoms with Crippen LogP contribution in [0.2, 0.25) is 0 Å². The van der Waals surface area contributed by atoms with Crippen LogP contribution in [0.15, 0.2) is 81.8 Å². The summed E-state index contributed by atoms with van der Waals surface area (Å²) in [5.41, 5.74) is 2.92. The molecule has 0 saturated carbocycles. The zero-order chi connectivity index (χ0) is 27.5. The van der Waals surface area contributed by atoms with Gasteiger partial charge in [0.1, 0.15) is 29.7 Å². The van der Waals surface area contributed by atoms with Crippen LogP contribution in [0.1, 0.15) is 58.7 Å².